The first-order valence-electron chi connectivity index (χ1n) is 20.1. The van der Waals surface area contributed by atoms with Crippen LogP contribution in [0.15, 0.2) is 71.6 Å². The Morgan fingerprint density at radius 2 is 1.62 bits per heavy atom. The van der Waals surface area contributed by atoms with E-state index in [1.54, 1.807) is 39.8 Å². The number of amides is 1. The van der Waals surface area contributed by atoms with Crippen LogP contribution in [0.5, 0.6) is 23.0 Å². The van der Waals surface area contributed by atoms with Gasteiger partial charge in [-0.25, -0.2) is 0 Å². The average molecular weight is 845 g/mol. The number of aliphatic hydroxyl groups is 2. The van der Waals surface area contributed by atoms with E-state index < -0.39 is 88.8 Å². The van der Waals surface area contributed by atoms with Gasteiger partial charge in [-0.2, -0.15) is 0 Å². The molecule has 0 spiro atoms. The zero-order valence-corrected chi connectivity index (χ0v) is 35.8. The Hall–Kier alpha value is -5.90. The normalized spacial score (nSPS) is 27.5. The predicted molar refractivity (Wildman–Crippen MR) is 228 cm³/mol. The maximum atomic E-state index is 14.4. The maximum absolute atomic E-state index is 14.4. The quantitative estimate of drug-likeness (QED) is 0.0382. The molecule has 3 heterocycles. The molecule has 15 heteroatoms. The fourth-order valence-corrected chi connectivity index (χ4v) is 7.82. The summed E-state index contributed by atoms with van der Waals surface area (Å²) < 4.78 is 23.5. The van der Waals surface area contributed by atoms with Gasteiger partial charge in [-0.1, -0.05) is 81.4 Å². The lowest BCUT2D eigenvalue weighted by molar-refractivity contribution is -0.160. The molecule has 0 radical (unpaired) electrons. The number of ketones is 1. The van der Waals surface area contributed by atoms with Gasteiger partial charge in [0.15, 0.2) is 5.75 Å². The second-order valence-electron chi connectivity index (χ2n) is 15.9. The van der Waals surface area contributed by atoms with Gasteiger partial charge in [0.25, 0.3) is 11.7 Å². The molecule has 328 valence electrons. The summed E-state index contributed by atoms with van der Waals surface area (Å²) in [5, 5.41) is 64.3. The largest absolute Gasteiger partial charge is 0.507 e. The molecule has 0 fully saturated rings. The summed E-state index contributed by atoms with van der Waals surface area (Å²) in [6.07, 6.45) is 5.01. The zero-order valence-electron chi connectivity index (χ0n) is 35.8. The molecule has 6 rings (SSSR count). The number of esters is 1. The fourth-order valence-electron chi connectivity index (χ4n) is 7.82. The fraction of sp³-hybridized carbons (Fsp3) is 0.435. The van der Waals surface area contributed by atoms with E-state index in [0.29, 0.717) is 6.42 Å². The van der Waals surface area contributed by atoms with Gasteiger partial charge in [-0.15, -0.1) is 0 Å². The van der Waals surface area contributed by atoms with Crippen molar-refractivity contribution in [3.63, 3.8) is 0 Å². The van der Waals surface area contributed by atoms with Crippen molar-refractivity contribution in [2.75, 3.05) is 19.0 Å². The third kappa shape index (κ3) is 9.54. The summed E-state index contributed by atoms with van der Waals surface area (Å²) in [5.74, 6) is -8.70. The number of hydrogen-bond acceptors (Lipinski definition) is 14. The summed E-state index contributed by atoms with van der Waals surface area (Å²) >= 11 is 0. The molecule has 0 saturated heterocycles. The van der Waals surface area contributed by atoms with Crippen molar-refractivity contribution in [3.05, 3.63) is 88.7 Å². The number of allylic oxidation sites excluding steroid dienone is 2. The number of ether oxygens (including phenoxy) is 4. The van der Waals surface area contributed by atoms with Gasteiger partial charge < -0.3 is 54.6 Å². The van der Waals surface area contributed by atoms with Crippen molar-refractivity contribution in [3.8, 4) is 23.0 Å². The molecule has 61 heavy (non-hydrogen) atoms. The molecule has 5 bridgehead atoms. The molecule has 0 aliphatic carbocycles. The Balaban J connectivity index is 1.67. The van der Waals surface area contributed by atoms with E-state index in [1.165, 1.54) is 53.2 Å². The Morgan fingerprint density at radius 1 is 0.934 bits per heavy atom. The minimum atomic E-state index is -2.07. The number of benzene rings is 3. The maximum Gasteiger partial charge on any atom is 0.312 e. The molecule has 9 unspecified atom stereocenters. The van der Waals surface area contributed by atoms with Gasteiger partial charge in [0.05, 0.1) is 53.0 Å². The lowest BCUT2D eigenvalue weighted by atomic mass is 9.78. The van der Waals surface area contributed by atoms with Gasteiger partial charge in [-0.3, -0.25) is 14.4 Å². The summed E-state index contributed by atoms with van der Waals surface area (Å²) in [6, 6.07) is 9.50. The topological polar surface area (TPSA) is 223 Å². The molecule has 3 aromatic carbocycles. The Kier molecular flexibility index (Phi) is 14.5. The molecular formula is C46H56N2O13. The minimum Gasteiger partial charge on any atom is -0.507 e. The number of phenols is 3. The highest BCUT2D eigenvalue weighted by molar-refractivity contribution is 6.23. The second kappa shape index (κ2) is 19.2. The number of aliphatic hydroxyl groups excluding tert-OH is 2. The predicted octanol–water partition coefficient (Wildman–Crippen LogP) is 6.35. The summed E-state index contributed by atoms with van der Waals surface area (Å²) in [6.45, 7) is 12.6. The molecule has 0 saturated carbocycles. The number of anilines is 1. The van der Waals surface area contributed by atoms with Crippen LogP contribution in [0.2, 0.25) is 0 Å². The van der Waals surface area contributed by atoms with Gasteiger partial charge in [0, 0.05) is 67.6 Å². The van der Waals surface area contributed by atoms with E-state index in [2.05, 4.69) is 10.5 Å². The Morgan fingerprint density at radius 3 is 2.28 bits per heavy atom. The second-order valence-corrected chi connectivity index (χ2v) is 15.9. The van der Waals surface area contributed by atoms with Gasteiger partial charge in [-0.05, 0) is 25.5 Å². The van der Waals surface area contributed by atoms with Crippen LogP contribution in [-0.2, 0) is 35.1 Å². The molecular weight excluding hydrogens is 789 g/mol. The highest BCUT2D eigenvalue weighted by atomic mass is 16.7. The number of hydrogen-bond donors (Lipinski definition) is 6. The number of oxime groups is 1. The first-order valence-corrected chi connectivity index (χ1v) is 20.1. The van der Waals surface area contributed by atoms with Crippen LogP contribution in [-0.4, -0.2) is 93.3 Å². The number of Topliss-reactive ketones (excluding diaryl/α,β-unsaturated/α-hetero) is 1. The molecule has 1 amide bonds. The minimum absolute atomic E-state index is 0.0298. The van der Waals surface area contributed by atoms with Gasteiger partial charge in [0.1, 0.15) is 30.0 Å². The number of phenolic OH excluding ortho intramolecular Hbond substituents is 3. The third-order valence-corrected chi connectivity index (χ3v) is 11.6. The SMILES string of the molecule is COC1C=COC2(C)Oc3c(C)c(O)c4c(O)c(c(C=NOCCc5ccccc5)c(O)c4c3C2=O)NC(=O)C(C)=CC=CC(C)C(O)C(C)C(O)C(C)C(OC(C)=O)C1C. The standard InChI is InChI=1S/C46H56N2O13/c1-23-14-13-15-24(2)45(56)48-36-31(22-47-59-21-18-30-16-11-10-12-17-30)40(53)33-34(41(36)54)39(52)28(6)43-35(33)44(55)46(8,61-43)58-20-19-32(57-9)25(3)42(60-29(7)49)27(5)38(51)26(4)37(23)50/h10-17,19-20,22-23,25-27,32,37-38,42,50-54H,18,21H2,1-9H3,(H,48,56). The third-order valence-electron chi connectivity index (χ3n) is 11.6. The van der Waals surface area contributed by atoms with Crippen LogP contribution in [0.1, 0.15) is 75.5 Å². The molecule has 3 aliphatic rings. The van der Waals surface area contributed by atoms with E-state index in [4.69, 9.17) is 23.8 Å². The van der Waals surface area contributed by atoms with Crippen molar-refractivity contribution >= 4 is 40.3 Å². The van der Waals surface area contributed by atoms with Crippen molar-refractivity contribution in [2.45, 2.75) is 92.0 Å². The van der Waals surface area contributed by atoms with Crippen LogP contribution < -0.4 is 10.1 Å². The average Bonchev–Trinajstić information content (AvgIpc) is 3.50. The van der Waals surface area contributed by atoms with E-state index in [0.717, 1.165) is 11.8 Å². The summed E-state index contributed by atoms with van der Waals surface area (Å²) in [4.78, 5) is 46.0. The van der Waals surface area contributed by atoms with Gasteiger partial charge >= 0.3 is 11.8 Å². The number of fused-ring (bicyclic) bond motifs is 14. The Labute approximate surface area is 354 Å². The van der Waals surface area contributed by atoms with Crippen molar-refractivity contribution in [1.29, 1.82) is 0 Å². The molecule has 6 N–H and O–H groups in total. The first-order chi connectivity index (χ1) is 28.8. The van der Waals surface area contributed by atoms with Crippen molar-refractivity contribution in [2.24, 2.45) is 28.8 Å². The molecule has 15 nitrogen and oxygen atoms in total. The summed E-state index contributed by atoms with van der Waals surface area (Å²) in [7, 11) is 1.43. The van der Waals surface area contributed by atoms with Crippen molar-refractivity contribution in [1.82, 2.24) is 0 Å². The smallest absolute Gasteiger partial charge is 0.312 e. The molecule has 3 aliphatic heterocycles. The number of nitrogens with one attached hydrogen (secondary N) is 1. The first kappa shape index (κ1) is 46.2. The molecule has 9 atom stereocenters. The lowest BCUT2D eigenvalue weighted by Gasteiger charge is -2.38. The number of carbonyl (C=O) groups is 3. The van der Waals surface area contributed by atoms with Crippen LogP contribution in [0.4, 0.5) is 5.69 Å². The number of carbonyl (C=O) groups excluding carboxylic acids is 3. The van der Waals surface area contributed by atoms with Crippen LogP contribution in [0, 0.1) is 30.6 Å². The highest BCUT2D eigenvalue weighted by Gasteiger charge is 2.50. The van der Waals surface area contributed by atoms with Crippen LogP contribution >= 0.6 is 0 Å². The number of nitrogens with zero attached hydrogens (tertiary/aromatic N) is 1. The van der Waals surface area contributed by atoms with Gasteiger partial charge in [0.2, 0.25) is 0 Å². The highest BCUT2D eigenvalue weighted by Crippen LogP contribution is 2.55. The molecule has 3 aromatic rings. The van der Waals surface area contributed by atoms with Crippen LogP contribution in [0.3, 0.4) is 0 Å². The van der Waals surface area contributed by atoms with Crippen LogP contribution in [0.25, 0.3) is 10.8 Å². The zero-order chi connectivity index (χ0) is 44.9. The van der Waals surface area contributed by atoms with E-state index in [-0.39, 0.29) is 51.1 Å². The lowest BCUT2D eigenvalue weighted by Crippen LogP contribution is -2.46. The number of rotatable bonds is 7. The summed E-state index contributed by atoms with van der Waals surface area (Å²) in [5.41, 5.74) is 0.345. The number of aromatic hydroxyl groups is 3. The monoisotopic (exact) mass is 844 g/mol. The van der Waals surface area contributed by atoms with E-state index >= 15 is 0 Å². The van der Waals surface area contributed by atoms with Crippen molar-refractivity contribution < 1.29 is 63.7 Å². The Bertz CT molecular complexity index is 2250. The van der Waals surface area contributed by atoms with E-state index in [1.807, 2.05) is 30.3 Å². The molecule has 0 aromatic heterocycles. The number of methoxy groups -OCH3 is 1. The van der Waals surface area contributed by atoms with E-state index in [9.17, 15) is 39.9 Å².